The van der Waals surface area contributed by atoms with E-state index >= 15 is 0 Å². The predicted octanol–water partition coefficient (Wildman–Crippen LogP) is 2.22. The van der Waals surface area contributed by atoms with E-state index in [-0.39, 0.29) is 19.3 Å². The van der Waals surface area contributed by atoms with Crippen LogP contribution in [0, 0.1) is 0 Å². The highest BCUT2D eigenvalue weighted by Gasteiger charge is 2.24. The Morgan fingerprint density at radius 2 is 1.70 bits per heavy atom. The van der Waals surface area contributed by atoms with Gasteiger partial charge in [-0.05, 0) is 23.3 Å². The zero-order valence-corrected chi connectivity index (χ0v) is 10.9. The largest absolute Gasteiger partial charge is 0.454 e. The monoisotopic (exact) mass is 272 g/mol. The molecule has 4 heteroatoms. The zero-order chi connectivity index (χ0) is 13.9. The number of rotatable bonds is 4. The molecule has 2 aromatic rings. The first-order valence-electron chi connectivity index (χ1n) is 6.53. The zero-order valence-electron chi connectivity index (χ0n) is 10.9. The van der Waals surface area contributed by atoms with Crippen LogP contribution < -0.4 is 9.47 Å². The smallest absolute Gasteiger partial charge is 0.231 e. The summed E-state index contributed by atoms with van der Waals surface area (Å²) >= 11 is 0. The summed E-state index contributed by atoms with van der Waals surface area (Å²) in [5.41, 5.74) is 1.61. The van der Waals surface area contributed by atoms with Crippen LogP contribution >= 0.6 is 0 Å². The summed E-state index contributed by atoms with van der Waals surface area (Å²) in [7, 11) is 0. The highest BCUT2D eigenvalue weighted by atomic mass is 16.7. The molecule has 2 N–H and O–H groups in total. The van der Waals surface area contributed by atoms with E-state index in [0.29, 0.717) is 17.1 Å². The van der Waals surface area contributed by atoms with Crippen LogP contribution in [0.5, 0.6) is 11.5 Å². The molecule has 0 unspecified atom stereocenters. The minimum absolute atomic E-state index is 0.125. The maximum atomic E-state index is 10.5. The average Bonchev–Trinajstić information content (AvgIpc) is 2.96. The SMILES string of the molecule is OC[C@H](c1ccccc1)[C@@H](O)c1ccc2c(c1)OCO2. The Balaban J connectivity index is 1.89. The lowest BCUT2D eigenvalue weighted by molar-refractivity contribution is 0.107. The number of aliphatic hydroxyl groups excluding tert-OH is 2. The number of hydrogen-bond donors (Lipinski definition) is 2. The van der Waals surface area contributed by atoms with Gasteiger partial charge >= 0.3 is 0 Å². The lowest BCUT2D eigenvalue weighted by atomic mass is 9.90. The maximum Gasteiger partial charge on any atom is 0.231 e. The number of aliphatic hydroxyl groups is 2. The average molecular weight is 272 g/mol. The molecule has 0 spiro atoms. The molecule has 3 rings (SSSR count). The Morgan fingerprint density at radius 3 is 2.45 bits per heavy atom. The number of fused-ring (bicyclic) bond motifs is 1. The molecule has 0 fully saturated rings. The van der Waals surface area contributed by atoms with E-state index in [2.05, 4.69) is 0 Å². The summed E-state index contributed by atoms with van der Waals surface area (Å²) in [6.45, 7) is 0.0800. The Hall–Kier alpha value is -2.04. The van der Waals surface area contributed by atoms with Crippen LogP contribution in [0.1, 0.15) is 23.1 Å². The number of hydrogen-bond acceptors (Lipinski definition) is 4. The Kier molecular flexibility index (Phi) is 3.58. The van der Waals surface area contributed by atoms with Gasteiger partial charge in [0.15, 0.2) is 11.5 Å². The van der Waals surface area contributed by atoms with Crippen molar-refractivity contribution >= 4 is 0 Å². The summed E-state index contributed by atoms with van der Waals surface area (Å²) < 4.78 is 10.6. The van der Waals surface area contributed by atoms with Crippen molar-refractivity contribution in [3.63, 3.8) is 0 Å². The summed E-state index contributed by atoms with van der Waals surface area (Å²) in [4.78, 5) is 0. The predicted molar refractivity (Wildman–Crippen MR) is 73.8 cm³/mol. The fourth-order valence-corrected chi connectivity index (χ4v) is 2.42. The van der Waals surface area contributed by atoms with Crippen molar-refractivity contribution in [3.8, 4) is 11.5 Å². The van der Waals surface area contributed by atoms with Crippen molar-refractivity contribution in [1.82, 2.24) is 0 Å². The van der Waals surface area contributed by atoms with Crippen molar-refractivity contribution in [3.05, 3.63) is 59.7 Å². The molecule has 0 saturated heterocycles. The van der Waals surface area contributed by atoms with E-state index in [9.17, 15) is 10.2 Å². The quantitative estimate of drug-likeness (QED) is 0.896. The highest BCUT2D eigenvalue weighted by Crippen LogP contribution is 2.37. The van der Waals surface area contributed by atoms with Crippen molar-refractivity contribution in [2.45, 2.75) is 12.0 Å². The molecule has 0 saturated carbocycles. The van der Waals surface area contributed by atoms with Crippen molar-refractivity contribution in [1.29, 1.82) is 0 Å². The van der Waals surface area contributed by atoms with Gasteiger partial charge < -0.3 is 19.7 Å². The van der Waals surface area contributed by atoms with Crippen LogP contribution in [0.4, 0.5) is 0 Å². The van der Waals surface area contributed by atoms with E-state index in [1.807, 2.05) is 30.3 Å². The molecule has 2 aromatic carbocycles. The third-order valence-electron chi connectivity index (χ3n) is 3.54. The third-order valence-corrected chi connectivity index (χ3v) is 3.54. The molecular formula is C16H16O4. The van der Waals surface area contributed by atoms with E-state index in [4.69, 9.17) is 9.47 Å². The molecule has 1 aliphatic heterocycles. The van der Waals surface area contributed by atoms with Crippen molar-refractivity contribution in [2.24, 2.45) is 0 Å². The van der Waals surface area contributed by atoms with E-state index in [1.54, 1.807) is 18.2 Å². The lowest BCUT2D eigenvalue weighted by Gasteiger charge is -2.22. The molecule has 1 heterocycles. The molecule has 0 bridgehead atoms. The van der Waals surface area contributed by atoms with Crippen LogP contribution in [-0.4, -0.2) is 23.6 Å². The summed E-state index contributed by atoms with van der Waals surface area (Å²) in [6.07, 6.45) is -0.795. The van der Waals surface area contributed by atoms with Crippen molar-refractivity contribution < 1.29 is 19.7 Å². The Morgan fingerprint density at radius 1 is 0.950 bits per heavy atom. The fourth-order valence-electron chi connectivity index (χ4n) is 2.42. The molecule has 0 aliphatic carbocycles. The normalized spacial score (nSPS) is 15.9. The second-order valence-electron chi connectivity index (χ2n) is 4.76. The van der Waals surface area contributed by atoms with Crippen LogP contribution in [0.15, 0.2) is 48.5 Å². The molecule has 104 valence electrons. The van der Waals surface area contributed by atoms with Gasteiger partial charge in [0.05, 0.1) is 12.7 Å². The van der Waals surface area contributed by atoms with Gasteiger partial charge in [-0.2, -0.15) is 0 Å². The summed E-state index contributed by atoms with van der Waals surface area (Å²) in [5, 5.41) is 20.1. The van der Waals surface area contributed by atoms with Crippen LogP contribution in [0.3, 0.4) is 0 Å². The fraction of sp³-hybridized carbons (Fsp3) is 0.250. The minimum atomic E-state index is -0.795. The topological polar surface area (TPSA) is 58.9 Å². The van der Waals surface area contributed by atoms with Gasteiger partial charge in [-0.15, -0.1) is 0 Å². The first kappa shape index (κ1) is 13.0. The van der Waals surface area contributed by atoms with Gasteiger partial charge in [0, 0.05) is 5.92 Å². The van der Waals surface area contributed by atoms with Crippen LogP contribution in [-0.2, 0) is 0 Å². The lowest BCUT2D eigenvalue weighted by Crippen LogP contribution is -2.14. The van der Waals surface area contributed by atoms with E-state index in [1.165, 1.54) is 0 Å². The molecular weight excluding hydrogens is 256 g/mol. The highest BCUT2D eigenvalue weighted by molar-refractivity contribution is 5.45. The Bertz CT molecular complexity index is 582. The molecule has 0 radical (unpaired) electrons. The first-order chi connectivity index (χ1) is 9.79. The van der Waals surface area contributed by atoms with E-state index < -0.39 is 6.10 Å². The van der Waals surface area contributed by atoms with Gasteiger partial charge in [0.2, 0.25) is 6.79 Å². The number of ether oxygens (including phenoxy) is 2. The van der Waals surface area contributed by atoms with Gasteiger partial charge in [-0.25, -0.2) is 0 Å². The molecule has 20 heavy (non-hydrogen) atoms. The first-order valence-corrected chi connectivity index (χ1v) is 6.53. The van der Waals surface area contributed by atoms with Crippen LogP contribution in [0.25, 0.3) is 0 Å². The van der Waals surface area contributed by atoms with Gasteiger partial charge in [0.25, 0.3) is 0 Å². The molecule has 0 amide bonds. The maximum absolute atomic E-state index is 10.5. The second-order valence-corrected chi connectivity index (χ2v) is 4.76. The summed E-state index contributed by atoms with van der Waals surface area (Å²) in [5.74, 6) is 0.948. The molecule has 0 aromatic heterocycles. The minimum Gasteiger partial charge on any atom is -0.454 e. The Labute approximate surface area is 117 Å². The van der Waals surface area contributed by atoms with E-state index in [0.717, 1.165) is 5.56 Å². The van der Waals surface area contributed by atoms with Gasteiger partial charge in [0.1, 0.15) is 0 Å². The molecule has 4 nitrogen and oxygen atoms in total. The third kappa shape index (κ3) is 2.35. The standard InChI is InChI=1S/C16H16O4/c17-9-13(11-4-2-1-3-5-11)16(18)12-6-7-14-15(8-12)20-10-19-14/h1-8,13,16-18H,9-10H2/t13-,16+/m1/s1. The summed E-state index contributed by atoms with van der Waals surface area (Å²) in [6, 6.07) is 14.8. The molecule has 2 atom stereocenters. The van der Waals surface area contributed by atoms with Crippen molar-refractivity contribution in [2.75, 3.05) is 13.4 Å². The second kappa shape index (κ2) is 5.53. The number of benzene rings is 2. The van der Waals surface area contributed by atoms with Crippen LogP contribution in [0.2, 0.25) is 0 Å². The van der Waals surface area contributed by atoms with Gasteiger partial charge in [-0.1, -0.05) is 36.4 Å². The van der Waals surface area contributed by atoms with Gasteiger partial charge in [-0.3, -0.25) is 0 Å². The molecule has 1 aliphatic rings.